The molecule has 0 aromatic heterocycles. The number of hydrogen-bond donors (Lipinski definition) is 0. The van der Waals surface area contributed by atoms with Crippen LogP contribution in [0.3, 0.4) is 0 Å². The number of unbranched alkanes of at least 4 members (excludes halogenated alkanes) is 1. The summed E-state index contributed by atoms with van der Waals surface area (Å²) in [5, 5.41) is 0.860. The molecule has 4 rings (SSSR count). The molecule has 0 bridgehead atoms. The molecule has 0 saturated carbocycles. The first-order valence-corrected chi connectivity index (χ1v) is 11.3. The molecule has 0 amide bonds. The lowest BCUT2D eigenvalue weighted by atomic mass is 10.00. The van der Waals surface area contributed by atoms with Crippen LogP contribution in [0.25, 0.3) is 10.8 Å². The van der Waals surface area contributed by atoms with Gasteiger partial charge in [0.05, 0.1) is 0 Å². The number of fused-ring (bicyclic) bond motifs is 1. The minimum atomic E-state index is -0.854. The van der Waals surface area contributed by atoms with E-state index in [1.807, 2.05) is 36.4 Å². The van der Waals surface area contributed by atoms with Crippen LogP contribution in [0.15, 0.2) is 72.8 Å². The second-order valence-electron chi connectivity index (χ2n) is 8.27. The summed E-state index contributed by atoms with van der Waals surface area (Å²) in [6, 6.07) is 21.2. The number of benzene rings is 4. The zero-order chi connectivity index (χ0) is 23.2. The number of halogens is 3. The molecular weight excluding hydrogens is 417 g/mol. The summed E-state index contributed by atoms with van der Waals surface area (Å²) in [5.41, 5.74) is 4.51. The normalized spacial score (nSPS) is 10.8. The highest BCUT2D eigenvalue weighted by atomic mass is 19.2. The summed E-state index contributed by atoms with van der Waals surface area (Å²) in [4.78, 5) is 0. The van der Waals surface area contributed by atoms with Gasteiger partial charge in [0.1, 0.15) is 5.82 Å². The van der Waals surface area contributed by atoms with Gasteiger partial charge >= 0.3 is 0 Å². The fraction of sp³-hybridized carbons (Fsp3) is 0.200. The third-order valence-electron chi connectivity index (χ3n) is 5.83. The van der Waals surface area contributed by atoms with Gasteiger partial charge in [0.15, 0.2) is 11.6 Å². The Hall–Kier alpha value is -3.51. The summed E-state index contributed by atoms with van der Waals surface area (Å²) in [6.07, 6.45) is 4.51. The van der Waals surface area contributed by atoms with Crippen molar-refractivity contribution in [3.8, 4) is 11.8 Å². The Morgan fingerprint density at radius 1 is 0.636 bits per heavy atom. The van der Waals surface area contributed by atoms with E-state index >= 15 is 0 Å². The molecule has 33 heavy (non-hydrogen) atoms. The summed E-state index contributed by atoms with van der Waals surface area (Å²) >= 11 is 0. The van der Waals surface area contributed by atoms with Crippen LogP contribution >= 0.6 is 0 Å². The smallest absolute Gasteiger partial charge is 0.166 e. The monoisotopic (exact) mass is 442 g/mol. The molecule has 0 atom stereocenters. The van der Waals surface area contributed by atoms with Crippen molar-refractivity contribution in [3.05, 3.63) is 118 Å². The van der Waals surface area contributed by atoms with E-state index in [-0.39, 0.29) is 11.2 Å². The average Bonchev–Trinajstić information content (AvgIpc) is 2.84. The van der Waals surface area contributed by atoms with Gasteiger partial charge < -0.3 is 0 Å². The van der Waals surface area contributed by atoms with Crippen molar-refractivity contribution in [2.24, 2.45) is 0 Å². The van der Waals surface area contributed by atoms with Gasteiger partial charge in [-0.1, -0.05) is 61.6 Å². The molecule has 4 aromatic rings. The summed E-state index contributed by atoms with van der Waals surface area (Å²) in [7, 11) is 0. The molecule has 0 unspecified atom stereocenters. The first-order chi connectivity index (χ1) is 16.0. The molecule has 0 spiro atoms. The van der Waals surface area contributed by atoms with E-state index in [1.54, 1.807) is 30.3 Å². The van der Waals surface area contributed by atoms with Gasteiger partial charge in [-0.05, 0) is 84.2 Å². The molecule has 0 fully saturated rings. The fourth-order valence-corrected chi connectivity index (χ4v) is 3.85. The van der Waals surface area contributed by atoms with E-state index in [1.165, 1.54) is 0 Å². The number of aryl methyl sites for hydroxylation is 3. The van der Waals surface area contributed by atoms with Gasteiger partial charge in [-0.15, -0.1) is 0 Å². The lowest BCUT2D eigenvalue weighted by molar-refractivity contribution is 0.517. The van der Waals surface area contributed by atoms with Crippen molar-refractivity contribution >= 4 is 10.8 Å². The second kappa shape index (κ2) is 10.4. The molecule has 4 aromatic carbocycles. The zero-order valence-electron chi connectivity index (χ0n) is 18.6. The standard InChI is InChI=1S/C30H25F3/c1-2-3-4-23-12-15-25(29(32)20-23)14-11-22-7-5-21(6-8-22)9-10-24-13-17-27-26(19-24)16-18-28(31)30(27)33/h5-8,12-13,15-20H,2-4,11,14H2,1H3. The Labute approximate surface area is 193 Å². The molecule has 0 aliphatic rings. The fourth-order valence-electron chi connectivity index (χ4n) is 3.85. The van der Waals surface area contributed by atoms with Crippen LogP contribution in [0.1, 0.15) is 47.6 Å². The lowest BCUT2D eigenvalue weighted by Crippen LogP contribution is -1.97. The van der Waals surface area contributed by atoms with Gasteiger partial charge in [-0.25, -0.2) is 13.2 Å². The van der Waals surface area contributed by atoms with Crippen LogP contribution in [0.4, 0.5) is 13.2 Å². The third-order valence-corrected chi connectivity index (χ3v) is 5.83. The molecule has 0 aliphatic carbocycles. The van der Waals surface area contributed by atoms with E-state index < -0.39 is 11.6 Å². The van der Waals surface area contributed by atoms with Crippen molar-refractivity contribution in [1.82, 2.24) is 0 Å². The maximum absolute atomic E-state index is 14.4. The molecule has 166 valence electrons. The number of hydrogen-bond acceptors (Lipinski definition) is 0. The van der Waals surface area contributed by atoms with E-state index in [2.05, 4.69) is 18.8 Å². The van der Waals surface area contributed by atoms with E-state index in [4.69, 9.17) is 0 Å². The van der Waals surface area contributed by atoms with Gasteiger partial charge in [-0.3, -0.25) is 0 Å². The molecule has 0 nitrogen and oxygen atoms in total. The van der Waals surface area contributed by atoms with Crippen molar-refractivity contribution in [3.63, 3.8) is 0 Å². The van der Waals surface area contributed by atoms with E-state index in [0.717, 1.165) is 59.6 Å². The Kier molecular flexibility index (Phi) is 7.15. The van der Waals surface area contributed by atoms with Gasteiger partial charge in [0.25, 0.3) is 0 Å². The van der Waals surface area contributed by atoms with Gasteiger partial charge in [0.2, 0.25) is 0 Å². The molecular formula is C30H25F3. The van der Waals surface area contributed by atoms with Crippen molar-refractivity contribution in [2.75, 3.05) is 0 Å². The quantitative estimate of drug-likeness (QED) is 0.267. The maximum atomic E-state index is 14.4. The average molecular weight is 443 g/mol. The molecule has 0 aliphatic heterocycles. The molecule has 0 saturated heterocycles. The Balaban J connectivity index is 1.40. The van der Waals surface area contributed by atoms with Crippen LogP contribution in [0.5, 0.6) is 0 Å². The van der Waals surface area contributed by atoms with Crippen molar-refractivity contribution in [2.45, 2.75) is 39.0 Å². The van der Waals surface area contributed by atoms with Crippen LogP contribution in [-0.4, -0.2) is 0 Å². The van der Waals surface area contributed by atoms with Gasteiger partial charge in [-0.2, -0.15) is 0 Å². The van der Waals surface area contributed by atoms with Crippen LogP contribution in [0, 0.1) is 29.3 Å². The first kappa shape index (κ1) is 22.7. The highest BCUT2D eigenvalue weighted by Gasteiger charge is 2.07. The zero-order valence-corrected chi connectivity index (χ0v) is 18.6. The predicted octanol–water partition coefficient (Wildman–Crippen LogP) is 7.78. The van der Waals surface area contributed by atoms with Crippen LogP contribution in [-0.2, 0) is 19.3 Å². The largest absolute Gasteiger partial charge is 0.207 e. The Bertz CT molecular complexity index is 1320. The lowest BCUT2D eigenvalue weighted by Gasteiger charge is -2.07. The van der Waals surface area contributed by atoms with E-state index in [9.17, 15) is 13.2 Å². The molecule has 0 radical (unpaired) electrons. The summed E-state index contributed by atoms with van der Waals surface area (Å²) in [5.74, 6) is 4.37. The summed E-state index contributed by atoms with van der Waals surface area (Å²) in [6.45, 7) is 2.14. The van der Waals surface area contributed by atoms with Gasteiger partial charge in [0, 0.05) is 16.5 Å². The SMILES string of the molecule is CCCCc1ccc(CCc2ccc(C#Cc3ccc4c(F)c(F)ccc4c3)cc2)c(F)c1. The van der Waals surface area contributed by atoms with E-state index in [0.29, 0.717) is 11.8 Å². The Morgan fingerprint density at radius 3 is 2.12 bits per heavy atom. The molecule has 0 heterocycles. The summed E-state index contributed by atoms with van der Waals surface area (Å²) < 4.78 is 41.6. The van der Waals surface area contributed by atoms with Crippen molar-refractivity contribution in [1.29, 1.82) is 0 Å². The molecule has 3 heteroatoms. The maximum Gasteiger partial charge on any atom is 0.166 e. The third kappa shape index (κ3) is 5.65. The van der Waals surface area contributed by atoms with Crippen LogP contribution in [0.2, 0.25) is 0 Å². The number of rotatable bonds is 6. The predicted molar refractivity (Wildman–Crippen MR) is 129 cm³/mol. The minimum absolute atomic E-state index is 0.121. The highest BCUT2D eigenvalue weighted by molar-refractivity contribution is 5.84. The van der Waals surface area contributed by atoms with Crippen molar-refractivity contribution < 1.29 is 13.2 Å². The topological polar surface area (TPSA) is 0 Å². The minimum Gasteiger partial charge on any atom is -0.207 e. The molecule has 0 N–H and O–H groups in total. The Morgan fingerprint density at radius 2 is 1.36 bits per heavy atom. The second-order valence-corrected chi connectivity index (χ2v) is 8.27. The first-order valence-electron chi connectivity index (χ1n) is 11.3. The van der Waals surface area contributed by atoms with Crippen LogP contribution < -0.4 is 0 Å². The highest BCUT2D eigenvalue weighted by Crippen LogP contribution is 2.21.